The van der Waals surface area contributed by atoms with Gasteiger partial charge < -0.3 is 14.4 Å². The molecule has 2 aromatic carbocycles. The number of amides is 1. The Balaban J connectivity index is 1.67. The lowest BCUT2D eigenvalue weighted by Gasteiger charge is -2.26. The second-order valence-corrected chi connectivity index (χ2v) is 6.87. The molecule has 1 fully saturated rings. The van der Waals surface area contributed by atoms with E-state index in [9.17, 15) is 4.79 Å². The molecular weight excluding hydrogens is 356 g/mol. The molecule has 146 valence electrons. The van der Waals surface area contributed by atoms with Gasteiger partial charge in [0, 0.05) is 24.2 Å². The molecule has 28 heavy (non-hydrogen) atoms. The van der Waals surface area contributed by atoms with E-state index in [-0.39, 0.29) is 11.9 Å². The minimum atomic E-state index is -0.0421. The molecule has 0 aliphatic carbocycles. The van der Waals surface area contributed by atoms with Crippen LogP contribution in [0.2, 0.25) is 0 Å². The molecule has 1 unspecified atom stereocenters. The minimum Gasteiger partial charge on any atom is -0.497 e. The number of likely N-dealkylation sites (tertiary alicyclic amines) is 1. The van der Waals surface area contributed by atoms with Crippen LogP contribution in [0.25, 0.3) is 11.0 Å². The lowest BCUT2D eigenvalue weighted by molar-refractivity contribution is 0.0734. The first-order chi connectivity index (χ1) is 13.7. The van der Waals surface area contributed by atoms with Gasteiger partial charge in [0.25, 0.3) is 5.91 Å². The first-order valence-electron chi connectivity index (χ1n) is 9.52. The van der Waals surface area contributed by atoms with Gasteiger partial charge in [0.1, 0.15) is 17.0 Å². The van der Waals surface area contributed by atoms with Crippen LogP contribution in [0.5, 0.6) is 11.5 Å². The monoisotopic (exact) mass is 380 g/mol. The zero-order valence-corrected chi connectivity index (χ0v) is 16.4. The summed E-state index contributed by atoms with van der Waals surface area (Å²) in [5.74, 6) is 1.53. The summed E-state index contributed by atoms with van der Waals surface area (Å²) >= 11 is 0. The Hall–Kier alpha value is -3.09. The predicted molar refractivity (Wildman–Crippen MR) is 106 cm³/mol. The quantitative estimate of drug-likeness (QED) is 0.678. The first-order valence-corrected chi connectivity index (χ1v) is 9.52. The summed E-state index contributed by atoms with van der Waals surface area (Å²) in [4.78, 5) is 15.2. The second kappa shape index (κ2) is 7.50. The molecule has 0 saturated carbocycles. The first kappa shape index (κ1) is 18.3. The number of aryl methyl sites for hydroxylation is 1. The number of benzene rings is 2. The van der Waals surface area contributed by atoms with Crippen molar-refractivity contribution in [3.8, 4) is 11.5 Å². The highest BCUT2D eigenvalue weighted by molar-refractivity contribution is 5.97. The molecule has 4 rings (SSSR count). The van der Waals surface area contributed by atoms with Crippen molar-refractivity contribution < 1.29 is 14.3 Å². The van der Waals surface area contributed by atoms with Gasteiger partial charge in [-0.3, -0.25) is 4.79 Å². The molecule has 1 aliphatic rings. The van der Waals surface area contributed by atoms with Crippen LogP contribution < -0.4 is 9.47 Å². The maximum atomic E-state index is 13.3. The van der Waals surface area contributed by atoms with E-state index in [1.807, 2.05) is 52.9 Å². The van der Waals surface area contributed by atoms with E-state index in [0.29, 0.717) is 12.1 Å². The van der Waals surface area contributed by atoms with Gasteiger partial charge >= 0.3 is 0 Å². The van der Waals surface area contributed by atoms with Crippen molar-refractivity contribution in [1.82, 2.24) is 19.9 Å². The average Bonchev–Trinajstić information content (AvgIpc) is 3.39. The number of methoxy groups -OCH3 is 2. The van der Waals surface area contributed by atoms with Gasteiger partial charge in [0.05, 0.1) is 25.8 Å². The van der Waals surface area contributed by atoms with Crippen LogP contribution in [0.3, 0.4) is 0 Å². The number of rotatable bonds is 5. The Bertz CT molecular complexity index is 1010. The highest BCUT2D eigenvalue weighted by atomic mass is 16.5. The van der Waals surface area contributed by atoms with E-state index in [1.165, 1.54) is 0 Å². The fraction of sp³-hybridized carbons (Fsp3) is 0.381. The van der Waals surface area contributed by atoms with Crippen molar-refractivity contribution in [2.24, 2.45) is 0 Å². The third-order valence-corrected chi connectivity index (χ3v) is 5.37. The van der Waals surface area contributed by atoms with E-state index in [4.69, 9.17) is 9.47 Å². The van der Waals surface area contributed by atoms with Crippen molar-refractivity contribution in [2.75, 3.05) is 20.8 Å². The number of nitrogens with zero attached hydrogens (tertiary/aromatic N) is 4. The Morgan fingerprint density at radius 3 is 2.79 bits per heavy atom. The van der Waals surface area contributed by atoms with Crippen LogP contribution in [-0.4, -0.2) is 46.6 Å². The number of fused-ring (bicyclic) bond motifs is 1. The van der Waals surface area contributed by atoms with Crippen molar-refractivity contribution in [2.45, 2.75) is 32.4 Å². The fourth-order valence-electron chi connectivity index (χ4n) is 3.94. The van der Waals surface area contributed by atoms with Gasteiger partial charge in [0.2, 0.25) is 0 Å². The van der Waals surface area contributed by atoms with Gasteiger partial charge in [-0.2, -0.15) is 0 Å². The summed E-state index contributed by atoms with van der Waals surface area (Å²) in [5, 5.41) is 8.32. The van der Waals surface area contributed by atoms with E-state index in [1.54, 1.807) is 14.2 Å². The van der Waals surface area contributed by atoms with E-state index < -0.39 is 0 Å². The zero-order valence-electron chi connectivity index (χ0n) is 16.4. The summed E-state index contributed by atoms with van der Waals surface area (Å²) in [6.45, 7) is 3.47. The number of hydrogen-bond acceptors (Lipinski definition) is 5. The Labute approximate surface area is 163 Å². The molecule has 1 aromatic heterocycles. The predicted octanol–water partition coefficient (Wildman–Crippen LogP) is 3.45. The number of carbonyl (C=O) groups excluding carboxylic acids is 1. The molecule has 7 nitrogen and oxygen atoms in total. The minimum absolute atomic E-state index is 0.000298. The number of hydrogen-bond donors (Lipinski definition) is 0. The molecule has 1 amide bonds. The fourth-order valence-corrected chi connectivity index (χ4v) is 3.94. The molecule has 1 saturated heterocycles. The van der Waals surface area contributed by atoms with E-state index in [0.717, 1.165) is 47.5 Å². The van der Waals surface area contributed by atoms with E-state index in [2.05, 4.69) is 10.3 Å². The highest BCUT2D eigenvalue weighted by Gasteiger charge is 2.33. The normalized spacial score (nSPS) is 16.5. The maximum Gasteiger partial charge on any atom is 0.254 e. The lowest BCUT2D eigenvalue weighted by Crippen LogP contribution is -2.30. The third kappa shape index (κ3) is 3.06. The molecule has 0 N–H and O–H groups in total. The smallest absolute Gasteiger partial charge is 0.254 e. The molecule has 0 bridgehead atoms. The molecule has 1 aliphatic heterocycles. The molecule has 0 radical (unpaired) electrons. The van der Waals surface area contributed by atoms with Crippen molar-refractivity contribution in [1.29, 1.82) is 0 Å². The Morgan fingerprint density at radius 1 is 1.18 bits per heavy atom. The number of carbonyl (C=O) groups is 1. The van der Waals surface area contributed by atoms with Gasteiger partial charge in [0.15, 0.2) is 0 Å². The van der Waals surface area contributed by atoms with Crippen LogP contribution in [0.1, 0.15) is 41.7 Å². The molecule has 3 aromatic rings. The Morgan fingerprint density at radius 2 is 2.04 bits per heavy atom. The van der Waals surface area contributed by atoms with Gasteiger partial charge in [-0.15, -0.1) is 5.10 Å². The molecule has 2 heterocycles. The van der Waals surface area contributed by atoms with Crippen molar-refractivity contribution in [3.63, 3.8) is 0 Å². The maximum absolute atomic E-state index is 13.3. The topological polar surface area (TPSA) is 69.5 Å². The number of ether oxygens (including phenoxy) is 2. The summed E-state index contributed by atoms with van der Waals surface area (Å²) in [7, 11) is 3.29. The van der Waals surface area contributed by atoms with Crippen LogP contribution >= 0.6 is 0 Å². The van der Waals surface area contributed by atoms with Gasteiger partial charge in [-0.1, -0.05) is 5.21 Å². The van der Waals surface area contributed by atoms with Crippen molar-refractivity contribution in [3.05, 3.63) is 47.5 Å². The molecule has 1 atom stereocenters. The average molecular weight is 380 g/mol. The Kier molecular flexibility index (Phi) is 4.90. The van der Waals surface area contributed by atoms with Crippen LogP contribution in [0.4, 0.5) is 0 Å². The summed E-state index contributed by atoms with van der Waals surface area (Å²) in [6, 6.07) is 11.3. The molecular formula is C21H24N4O3. The van der Waals surface area contributed by atoms with Crippen LogP contribution in [-0.2, 0) is 6.54 Å². The van der Waals surface area contributed by atoms with Crippen LogP contribution in [0, 0.1) is 0 Å². The SMILES string of the molecule is CCn1nnc2cc(C(=O)N3CCCC3c3cc(OC)ccc3OC)ccc21. The van der Waals surface area contributed by atoms with Crippen molar-refractivity contribution >= 4 is 16.9 Å². The highest BCUT2D eigenvalue weighted by Crippen LogP contribution is 2.39. The largest absolute Gasteiger partial charge is 0.497 e. The lowest BCUT2D eigenvalue weighted by atomic mass is 10.0. The summed E-state index contributed by atoms with van der Waals surface area (Å²) in [6.07, 6.45) is 1.84. The number of aromatic nitrogens is 3. The van der Waals surface area contributed by atoms with E-state index >= 15 is 0 Å². The summed E-state index contributed by atoms with van der Waals surface area (Å²) < 4.78 is 12.8. The zero-order chi connectivity index (χ0) is 19.7. The van der Waals surface area contributed by atoms with Crippen LogP contribution in [0.15, 0.2) is 36.4 Å². The van der Waals surface area contributed by atoms with Gasteiger partial charge in [-0.05, 0) is 56.2 Å². The second-order valence-electron chi connectivity index (χ2n) is 6.87. The van der Waals surface area contributed by atoms with Gasteiger partial charge in [-0.25, -0.2) is 4.68 Å². The third-order valence-electron chi connectivity index (χ3n) is 5.37. The molecule has 7 heteroatoms. The standard InChI is InChI=1S/C21H24N4O3/c1-4-25-19-9-7-14(12-17(19)22-23-25)21(26)24-11-5-6-18(24)16-13-15(27-2)8-10-20(16)28-3/h7-10,12-13,18H,4-6,11H2,1-3H3. The summed E-state index contributed by atoms with van der Waals surface area (Å²) in [5.41, 5.74) is 3.28. The molecule has 0 spiro atoms.